The van der Waals surface area contributed by atoms with Gasteiger partial charge in [0.05, 0.1) is 24.3 Å². The van der Waals surface area contributed by atoms with E-state index in [2.05, 4.69) is 25.5 Å². The summed E-state index contributed by atoms with van der Waals surface area (Å²) in [6, 6.07) is 8.86. The molecule has 3 heterocycles. The molecule has 0 aliphatic carbocycles. The minimum atomic E-state index is -0.378. The van der Waals surface area contributed by atoms with Gasteiger partial charge in [-0.05, 0) is 31.9 Å². The Morgan fingerprint density at radius 3 is 2.88 bits per heavy atom. The number of hydrogen-bond acceptors (Lipinski definition) is 6. The molecule has 10 heteroatoms. The highest BCUT2D eigenvalue weighted by molar-refractivity contribution is 5.88. The zero-order valence-corrected chi connectivity index (χ0v) is 17.5. The molecular formula is C22H23FN6O3. The van der Waals surface area contributed by atoms with Gasteiger partial charge >= 0.3 is 0 Å². The molecule has 5 rings (SSSR count). The van der Waals surface area contributed by atoms with Crippen LogP contribution in [0.15, 0.2) is 36.7 Å². The van der Waals surface area contributed by atoms with Crippen LogP contribution in [0.2, 0.25) is 0 Å². The van der Waals surface area contributed by atoms with Crippen molar-refractivity contribution >= 4 is 17.4 Å². The quantitative estimate of drug-likeness (QED) is 0.472. The Morgan fingerprint density at radius 2 is 2.16 bits per heavy atom. The number of ether oxygens (including phenoxy) is 2. The number of rotatable bonds is 4. The lowest BCUT2D eigenvalue weighted by Crippen LogP contribution is -2.09. The average Bonchev–Trinajstić information content (AvgIpc) is 3.40. The first-order valence-electron chi connectivity index (χ1n) is 10.3. The van der Waals surface area contributed by atoms with Gasteiger partial charge in [-0.15, -0.1) is 0 Å². The maximum atomic E-state index is 14.8. The summed E-state index contributed by atoms with van der Waals surface area (Å²) < 4.78 is 28.6. The molecule has 0 bridgehead atoms. The Kier molecular flexibility index (Phi) is 6.29. The molecule has 3 N–H and O–H groups in total. The molecule has 0 unspecified atom stereocenters. The van der Waals surface area contributed by atoms with E-state index in [0.717, 1.165) is 41.9 Å². The number of carbonyl (C=O) groups excluding carboxylic acids is 1. The van der Waals surface area contributed by atoms with Gasteiger partial charge in [0.15, 0.2) is 5.82 Å². The number of imidazole rings is 1. The standard InChI is InChI=1S/C21H20FN5O2.CH3NO/c1-2-28-14-10-17-19-18(11-14)29-8-4-3-7-27(19)21(25-17)13-5-6-15(16(22)9-13)20-23-12-24-26-20;2-1-3/h5-6,9-12H,2-4,7-8H2,1H3,(H,23,24,26);1H,(H2,2,3). The molecule has 2 aromatic heterocycles. The van der Waals surface area contributed by atoms with Crippen LogP contribution < -0.4 is 15.2 Å². The third-order valence-electron chi connectivity index (χ3n) is 5.02. The highest BCUT2D eigenvalue weighted by Gasteiger charge is 2.21. The molecule has 0 spiro atoms. The fourth-order valence-corrected chi connectivity index (χ4v) is 3.74. The number of halogens is 1. The van der Waals surface area contributed by atoms with Crippen molar-refractivity contribution in [2.24, 2.45) is 5.73 Å². The van der Waals surface area contributed by atoms with Crippen molar-refractivity contribution < 1.29 is 18.7 Å². The first-order valence-corrected chi connectivity index (χ1v) is 10.3. The Morgan fingerprint density at radius 1 is 1.31 bits per heavy atom. The first kappa shape index (κ1) is 21.3. The van der Waals surface area contributed by atoms with E-state index in [1.54, 1.807) is 6.07 Å². The molecule has 9 nitrogen and oxygen atoms in total. The number of benzene rings is 2. The van der Waals surface area contributed by atoms with E-state index in [1.165, 1.54) is 12.4 Å². The van der Waals surface area contributed by atoms with Crippen LogP contribution in [0.25, 0.3) is 33.8 Å². The third-order valence-corrected chi connectivity index (χ3v) is 5.02. The predicted octanol–water partition coefficient (Wildman–Crippen LogP) is 3.30. The normalized spacial score (nSPS) is 12.8. The van der Waals surface area contributed by atoms with E-state index in [-0.39, 0.29) is 12.2 Å². The van der Waals surface area contributed by atoms with Crippen molar-refractivity contribution in [1.82, 2.24) is 24.7 Å². The van der Waals surface area contributed by atoms with Gasteiger partial charge in [-0.3, -0.25) is 9.89 Å². The molecule has 0 atom stereocenters. The van der Waals surface area contributed by atoms with Gasteiger partial charge in [0.2, 0.25) is 6.41 Å². The molecule has 4 aromatic rings. The van der Waals surface area contributed by atoms with Crippen LogP contribution in [0.3, 0.4) is 0 Å². The van der Waals surface area contributed by atoms with Gasteiger partial charge in [-0.2, -0.15) is 5.10 Å². The Hall–Kier alpha value is -3.95. The fraction of sp³-hybridized carbons (Fsp3) is 0.273. The lowest BCUT2D eigenvalue weighted by Gasteiger charge is -2.17. The Balaban J connectivity index is 0.000000775. The van der Waals surface area contributed by atoms with Crippen molar-refractivity contribution in [2.45, 2.75) is 26.3 Å². The number of nitrogens with one attached hydrogen (secondary N) is 1. The van der Waals surface area contributed by atoms with Gasteiger partial charge < -0.3 is 19.8 Å². The van der Waals surface area contributed by atoms with Gasteiger partial charge in [0.25, 0.3) is 0 Å². The monoisotopic (exact) mass is 438 g/mol. The Bertz CT molecular complexity index is 1220. The molecule has 0 radical (unpaired) electrons. The topological polar surface area (TPSA) is 121 Å². The van der Waals surface area contributed by atoms with Crippen LogP contribution in [0.5, 0.6) is 11.5 Å². The number of H-pyrrole nitrogens is 1. The molecule has 1 aliphatic heterocycles. The largest absolute Gasteiger partial charge is 0.494 e. The summed E-state index contributed by atoms with van der Waals surface area (Å²) in [6.45, 7) is 3.96. The van der Waals surface area contributed by atoms with Gasteiger partial charge in [-0.1, -0.05) is 6.07 Å². The molecule has 166 valence electrons. The van der Waals surface area contributed by atoms with E-state index in [0.29, 0.717) is 36.0 Å². The van der Waals surface area contributed by atoms with E-state index in [1.807, 2.05) is 25.1 Å². The second-order valence-electron chi connectivity index (χ2n) is 7.03. The average molecular weight is 438 g/mol. The first-order chi connectivity index (χ1) is 15.7. The summed E-state index contributed by atoms with van der Waals surface area (Å²) >= 11 is 0. The molecule has 2 aromatic carbocycles. The predicted molar refractivity (Wildman–Crippen MR) is 117 cm³/mol. The van der Waals surface area contributed by atoms with E-state index in [9.17, 15) is 4.39 Å². The summed E-state index contributed by atoms with van der Waals surface area (Å²) in [5, 5.41) is 6.49. The highest BCUT2D eigenvalue weighted by Crippen LogP contribution is 2.37. The summed E-state index contributed by atoms with van der Waals surface area (Å²) in [6.07, 6.45) is 3.51. The number of amides is 1. The van der Waals surface area contributed by atoms with Crippen LogP contribution in [0.1, 0.15) is 19.8 Å². The number of aromatic amines is 1. The number of primary amides is 1. The molecule has 32 heavy (non-hydrogen) atoms. The van der Waals surface area contributed by atoms with Crippen LogP contribution in [-0.4, -0.2) is 44.4 Å². The van der Waals surface area contributed by atoms with Crippen LogP contribution >= 0.6 is 0 Å². The molecule has 0 fully saturated rings. The lowest BCUT2D eigenvalue weighted by atomic mass is 10.1. The zero-order chi connectivity index (χ0) is 22.5. The minimum absolute atomic E-state index is 0.250. The second kappa shape index (κ2) is 9.46. The number of nitrogens with zero attached hydrogens (tertiary/aromatic N) is 4. The van der Waals surface area contributed by atoms with Crippen LogP contribution in [0, 0.1) is 5.82 Å². The second-order valence-corrected chi connectivity index (χ2v) is 7.03. The molecule has 1 amide bonds. The van der Waals surface area contributed by atoms with Crippen LogP contribution in [0.4, 0.5) is 4.39 Å². The SMILES string of the molecule is CCOc1cc2c3c(c1)nc(-c1ccc(-c4ncn[nH]4)c(F)c1)n3CCCCO2.NC=O. The summed E-state index contributed by atoms with van der Waals surface area (Å²) in [5.41, 5.74) is 6.94. The van der Waals surface area contributed by atoms with Crippen molar-refractivity contribution in [1.29, 1.82) is 0 Å². The van der Waals surface area contributed by atoms with Crippen molar-refractivity contribution in [3.05, 3.63) is 42.5 Å². The minimum Gasteiger partial charge on any atom is -0.494 e. The van der Waals surface area contributed by atoms with Crippen molar-refractivity contribution in [3.63, 3.8) is 0 Å². The maximum Gasteiger partial charge on any atom is 0.204 e. The number of aryl methyl sites for hydroxylation is 1. The lowest BCUT2D eigenvalue weighted by molar-refractivity contribution is -0.106. The number of carbonyl (C=O) groups is 1. The number of hydrogen-bond donors (Lipinski definition) is 2. The molecule has 0 saturated carbocycles. The maximum absolute atomic E-state index is 14.8. The molecule has 1 aliphatic rings. The number of nitrogens with two attached hydrogens (primary N) is 1. The number of aromatic nitrogens is 5. The van der Waals surface area contributed by atoms with Gasteiger partial charge in [0, 0.05) is 24.2 Å². The summed E-state index contributed by atoms with van der Waals surface area (Å²) in [7, 11) is 0. The van der Waals surface area contributed by atoms with E-state index in [4.69, 9.17) is 19.3 Å². The van der Waals surface area contributed by atoms with Crippen molar-refractivity contribution in [2.75, 3.05) is 13.2 Å². The van der Waals surface area contributed by atoms with Crippen LogP contribution in [-0.2, 0) is 11.3 Å². The van der Waals surface area contributed by atoms with Gasteiger partial charge in [-0.25, -0.2) is 14.4 Å². The Labute approximate surface area is 183 Å². The fourth-order valence-electron chi connectivity index (χ4n) is 3.74. The van der Waals surface area contributed by atoms with Gasteiger partial charge in [0.1, 0.15) is 35.0 Å². The molecule has 0 saturated heterocycles. The van der Waals surface area contributed by atoms with Crippen molar-refractivity contribution in [3.8, 4) is 34.3 Å². The molecular weight excluding hydrogens is 415 g/mol. The highest BCUT2D eigenvalue weighted by atomic mass is 19.1. The smallest absolute Gasteiger partial charge is 0.204 e. The zero-order valence-electron chi connectivity index (χ0n) is 17.5. The van der Waals surface area contributed by atoms with E-state index >= 15 is 0 Å². The summed E-state index contributed by atoms with van der Waals surface area (Å²) in [4.78, 5) is 17.4. The summed E-state index contributed by atoms with van der Waals surface area (Å²) in [5.74, 6) is 2.20. The van der Waals surface area contributed by atoms with E-state index < -0.39 is 0 Å². The third kappa shape index (κ3) is 4.11.